The van der Waals surface area contributed by atoms with E-state index in [1.807, 2.05) is 6.26 Å². The van der Waals surface area contributed by atoms with E-state index in [1.165, 1.54) is 37.1 Å². The number of carbonyl (C=O) groups is 2. The maximum absolute atomic E-state index is 13.1. The lowest BCUT2D eigenvalue weighted by Gasteiger charge is -2.14. The minimum absolute atomic E-state index is 0.275. The fourth-order valence-electron chi connectivity index (χ4n) is 2.03. The molecule has 0 aliphatic carbocycles. The average Bonchev–Trinajstić information content (AvgIpc) is 2.98. The van der Waals surface area contributed by atoms with Gasteiger partial charge in [0.25, 0.3) is 5.91 Å². The molecule has 0 bridgehead atoms. The van der Waals surface area contributed by atoms with Crippen molar-refractivity contribution in [1.82, 2.24) is 20.2 Å². The Labute approximate surface area is 137 Å². The van der Waals surface area contributed by atoms with Gasteiger partial charge in [-0.05, 0) is 37.4 Å². The molecule has 0 radical (unpaired) electrons. The smallest absolute Gasteiger partial charge is 0.270 e. The van der Waals surface area contributed by atoms with E-state index >= 15 is 0 Å². The molecule has 1 aromatic heterocycles. The Bertz CT molecular complexity index is 715. The second kappa shape index (κ2) is 7.28. The third-order valence-corrected chi connectivity index (χ3v) is 3.87. The maximum Gasteiger partial charge on any atom is 0.270 e. The lowest BCUT2D eigenvalue weighted by atomic mass is 10.2. The van der Waals surface area contributed by atoms with Gasteiger partial charge in [0.05, 0.1) is 6.20 Å². The number of benzene rings is 1. The molecule has 8 heteroatoms. The number of carbonyl (C=O) groups excluding carboxylic acids is 2. The highest BCUT2D eigenvalue weighted by Crippen LogP contribution is 2.22. The molecule has 0 unspecified atom stereocenters. The van der Waals surface area contributed by atoms with Gasteiger partial charge in [0.15, 0.2) is 5.16 Å². The van der Waals surface area contributed by atoms with Gasteiger partial charge in [-0.25, -0.2) is 9.37 Å². The zero-order chi connectivity index (χ0) is 17.0. The number of imidazole rings is 1. The molecule has 2 rings (SSSR count). The first-order chi connectivity index (χ1) is 11.0. The van der Waals surface area contributed by atoms with Crippen LogP contribution in [0.2, 0.25) is 0 Å². The second-order valence-corrected chi connectivity index (χ2v) is 5.52. The summed E-state index contributed by atoms with van der Waals surface area (Å²) >= 11 is 1.36. The number of aromatic nitrogens is 2. The van der Waals surface area contributed by atoms with Crippen molar-refractivity contribution in [3.8, 4) is 5.69 Å². The first kappa shape index (κ1) is 17.0. The topological polar surface area (TPSA) is 76.0 Å². The molecule has 0 saturated heterocycles. The molecule has 6 nitrogen and oxygen atoms in total. The van der Waals surface area contributed by atoms with Crippen LogP contribution in [0.5, 0.6) is 0 Å². The van der Waals surface area contributed by atoms with E-state index < -0.39 is 11.9 Å². The van der Waals surface area contributed by atoms with Gasteiger partial charge in [-0.15, -0.1) is 0 Å². The SMILES string of the molecule is CNC(=O)[C@@H](C)NC(=O)c1cnc(SC)n1-c1ccc(F)cc1. The minimum Gasteiger partial charge on any atom is -0.357 e. The Morgan fingerprint density at radius 2 is 1.96 bits per heavy atom. The summed E-state index contributed by atoms with van der Waals surface area (Å²) in [6.07, 6.45) is 3.26. The van der Waals surface area contributed by atoms with E-state index in [9.17, 15) is 14.0 Å². The van der Waals surface area contributed by atoms with Crippen molar-refractivity contribution in [1.29, 1.82) is 0 Å². The predicted octanol–water partition coefficient (Wildman–Crippen LogP) is 1.60. The van der Waals surface area contributed by atoms with E-state index in [1.54, 1.807) is 23.6 Å². The summed E-state index contributed by atoms with van der Waals surface area (Å²) in [6.45, 7) is 1.59. The van der Waals surface area contributed by atoms with Gasteiger partial charge >= 0.3 is 0 Å². The van der Waals surface area contributed by atoms with Gasteiger partial charge in [-0.1, -0.05) is 11.8 Å². The maximum atomic E-state index is 13.1. The molecule has 0 spiro atoms. The van der Waals surface area contributed by atoms with Crippen molar-refractivity contribution in [2.45, 2.75) is 18.1 Å². The highest BCUT2D eigenvalue weighted by atomic mass is 32.2. The summed E-state index contributed by atoms with van der Waals surface area (Å²) in [7, 11) is 1.50. The van der Waals surface area contributed by atoms with Crippen LogP contribution in [-0.2, 0) is 4.79 Å². The summed E-state index contributed by atoms with van der Waals surface area (Å²) in [5.41, 5.74) is 0.891. The van der Waals surface area contributed by atoms with Crippen LogP contribution < -0.4 is 10.6 Å². The molecular formula is C15H17FN4O2S. The molecule has 0 aliphatic heterocycles. The predicted molar refractivity (Wildman–Crippen MR) is 86.3 cm³/mol. The molecule has 2 amide bonds. The van der Waals surface area contributed by atoms with Crippen molar-refractivity contribution in [3.63, 3.8) is 0 Å². The normalized spacial score (nSPS) is 11.8. The van der Waals surface area contributed by atoms with Crippen molar-refractivity contribution < 1.29 is 14.0 Å². The Kier molecular flexibility index (Phi) is 5.38. The van der Waals surface area contributed by atoms with E-state index in [0.29, 0.717) is 10.8 Å². The molecule has 2 aromatic rings. The van der Waals surface area contributed by atoms with Crippen LogP contribution >= 0.6 is 11.8 Å². The number of thioether (sulfide) groups is 1. The molecule has 122 valence electrons. The Morgan fingerprint density at radius 3 is 2.52 bits per heavy atom. The second-order valence-electron chi connectivity index (χ2n) is 4.75. The van der Waals surface area contributed by atoms with Crippen molar-refractivity contribution >= 4 is 23.6 Å². The third kappa shape index (κ3) is 3.70. The lowest BCUT2D eigenvalue weighted by Crippen LogP contribution is -2.44. The molecule has 1 aromatic carbocycles. The Morgan fingerprint density at radius 1 is 1.30 bits per heavy atom. The first-order valence-electron chi connectivity index (χ1n) is 6.88. The standard InChI is InChI=1S/C15H17FN4O2S/c1-9(13(21)17-2)19-14(22)12-8-18-15(23-3)20(12)11-6-4-10(16)5-7-11/h4-9H,1-3H3,(H,17,21)(H,19,22)/t9-/m1/s1. The number of hydrogen-bond donors (Lipinski definition) is 2. The molecule has 2 N–H and O–H groups in total. The quantitative estimate of drug-likeness (QED) is 0.813. The van der Waals surface area contributed by atoms with Gasteiger partial charge in [-0.3, -0.25) is 14.2 Å². The highest BCUT2D eigenvalue weighted by Gasteiger charge is 2.21. The number of hydrogen-bond acceptors (Lipinski definition) is 4. The van der Waals surface area contributed by atoms with Crippen molar-refractivity contribution in [3.05, 3.63) is 42.0 Å². The highest BCUT2D eigenvalue weighted by molar-refractivity contribution is 7.98. The van der Waals surface area contributed by atoms with Gasteiger partial charge in [0, 0.05) is 12.7 Å². The van der Waals surface area contributed by atoms with Crippen LogP contribution in [0, 0.1) is 5.82 Å². The van der Waals surface area contributed by atoms with Crippen LogP contribution in [0.4, 0.5) is 4.39 Å². The number of amides is 2. The van der Waals surface area contributed by atoms with E-state index in [4.69, 9.17) is 0 Å². The molecule has 0 saturated carbocycles. The van der Waals surface area contributed by atoms with E-state index in [2.05, 4.69) is 15.6 Å². The van der Waals surface area contributed by atoms with Crippen LogP contribution in [0.3, 0.4) is 0 Å². The van der Waals surface area contributed by atoms with Gasteiger partial charge < -0.3 is 10.6 Å². The third-order valence-electron chi connectivity index (χ3n) is 3.22. The molecule has 1 atom stereocenters. The monoisotopic (exact) mass is 336 g/mol. The fourth-order valence-corrected chi connectivity index (χ4v) is 2.58. The average molecular weight is 336 g/mol. The molecule has 0 fully saturated rings. The zero-order valence-corrected chi connectivity index (χ0v) is 13.8. The summed E-state index contributed by atoms with van der Waals surface area (Å²) < 4.78 is 14.7. The van der Waals surface area contributed by atoms with E-state index in [0.717, 1.165) is 0 Å². The van der Waals surface area contributed by atoms with Gasteiger partial charge in [0.2, 0.25) is 5.91 Å². The molecule has 0 aliphatic rings. The largest absolute Gasteiger partial charge is 0.357 e. The van der Waals surface area contributed by atoms with Crippen molar-refractivity contribution in [2.75, 3.05) is 13.3 Å². The van der Waals surface area contributed by atoms with Gasteiger partial charge in [-0.2, -0.15) is 0 Å². The zero-order valence-electron chi connectivity index (χ0n) is 13.0. The molecule has 1 heterocycles. The number of nitrogens with zero attached hydrogens (tertiary/aromatic N) is 2. The van der Waals surface area contributed by atoms with Crippen molar-refractivity contribution in [2.24, 2.45) is 0 Å². The summed E-state index contributed by atoms with van der Waals surface area (Å²) in [5.74, 6) is -1.09. The van der Waals surface area contributed by atoms with Crippen LogP contribution in [-0.4, -0.2) is 40.7 Å². The van der Waals surface area contributed by atoms with Gasteiger partial charge in [0.1, 0.15) is 17.6 Å². The number of nitrogens with one attached hydrogen (secondary N) is 2. The first-order valence-corrected chi connectivity index (χ1v) is 8.10. The number of rotatable bonds is 5. The lowest BCUT2D eigenvalue weighted by molar-refractivity contribution is -0.122. The summed E-state index contributed by atoms with van der Waals surface area (Å²) in [4.78, 5) is 28.2. The Hall–Kier alpha value is -2.35. The van der Waals surface area contributed by atoms with Crippen LogP contribution in [0.25, 0.3) is 5.69 Å². The summed E-state index contributed by atoms with van der Waals surface area (Å²) in [6, 6.07) is 5.08. The Balaban J connectivity index is 2.36. The van der Waals surface area contributed by atoms with E-state index in [-0.39, 0.29) is 17.4 Å². The van der Waals surface area contributed by atoms with Crippen LogP contribution in [0.15, 0.2) is 35.6 Å². The number of likely N-dealkylation sites (N-methyl/N-ethyl adjacent to an activating group) is 1. The minimum atomic E-state index is -0.679. The molecule has 23 heavy (non-hydrogen) atoms. The summed E-state index contributed by atoms with van der Waals surface area (Å²) in [5, 5.41) is 5.67. The molecular weight excluding hydrogens is 319 g/mol. The number of halogens is 1. The fraction of sp³-hybridized carbons (Fsp3) is 0.267. The van der Waals surface area contributed by atoms with Crippen LogP contribution in [0.1, 0.15) is 17.4 Å².